The van der Waals surface area contributed by atoms with Crippen molar-refractivity contribution >= 4 is 15.9 Å². The van der Waals surface area contributed by atoms with Crippen molar-refractivity contribution < 1.29 is 0 Å². The summed E-state index contributed by atoms with van der Waals surface area (Å²) in [6.45, 7) is 1.80. The minimum absolute atomic E-state index is 0.220. The van der Waals surface area contributed by atoms with Crippen molar-refractivity contribution in [3.63, 3.8) is 0 Å². The van der Waals surface area contributed by atoms with Crippen molar-refractivity contribution in [2.75, 3.05) is 0 Å². The molecule has 0 atom stereocenters. The largest absolute Gasteiger partial charge is 0.310 e. The summed E-state index contributed by atoms with van der Waals surface area (Å²) >= 11 is 3.21. The Hall–Kier alpha value is -0.600. The standard InChI is InChI=1S/C8H15BrN6/c1-2-7(10,11)8(12,13)6-14-3-5(9)4-15-6/h3-4H,2,10-13H2,1H3. The van der Waals surface area contributed by atoms with Gasteiger partial charge in [-0.25, -0.2) is 9.97 Å². The van der Waals surface area contributed by atoms with Crippen molar-refractivity contribution in [3.8, 4) is 0 Å². The summed E-state index contributed by atoms with van der Waals surface area (Å²) in [5.74, 6) is 0.220. The van der Waals surface area contributed by atoms with Gasteiger partial charge in [-0.2, -0.15) is 0 Å². The van der Waals surface area contributed by atoms with Crippen molar-refractivity contribution in [2.24, 2.45) is 22.9 Å². The Bertz CT molecular complexity index is 333. The van der Waals surface area contributed by atoms with Crippen molar-refractivity contribution in [1.82, 2.24) is 9.97 Å². The molecule has 0 aliphatic rings. The van der Waals surface area contributed by atoms with Crippen molar-refractivity contribution in [2.45, 2.75) is 24.7 Å². The second-order valence-electron chi connectivity index (χ2n) is 3.49. The predicted molar refractivity (Wildman–Crippen MR) is 61.2 cm³/mol. The molecule has 0 unspecified atom stereocenters. The lowest BCUT2D eigenvalue weighted by atomic mass is 9.92. The first kappa shape index (κ1) is 12.5. The molecular weight excluding hydrogens is 260 g/mol. The highest BCUT2D eigenvalue weighted by Gasteiger charge is 2.42. The first-order valence-corrected chi connectivity index (χ1v) is 5.24. The molecule has 0 aromatic carbocycles. The maximum Gasteiger partial charge on any atom is 0.166 e. The third kappa shape index (κ3) is 2.32. The van der Waals surface area contributed by atoms with Crippen LogP contribution in [0.15, 0.2) is 16.9 Å². The van der Waals surface area contributed by atoms with Gasteiger partial charge in [0.1, 0.15) is 5.66 Å². The van der Waals surface area contributed by atoms with E-state index in [1.165, 1.54) is 0 Å². The molecule has 6 nitrogen and oxygen atoms in total. The van der Waals surface area contributed by atoms with Crippen LogP contribution in [-0.4, -0.2) is 15.6 Å². The van der Waals surface area contributed by atoms with E-state index in [1.54, 1.807) is 19.3 Å². The van der Waals surface area contributed by atoms with Gasteiger partial charge in [-0.1, -0.05) is 6.92 Å². The molecule has 0 fully saturated rings. The molecule has 0 aliphatic heterocycles. The van der Waals surface area contributed by atoms with Gasteiger partial charge in [-0.3, -0.25) is 0 Å². The van der Waals surface area contributed by atoms with Crippen molar-refractivity contribution in [1.29, 1.82) is 0 Å². The van der Waals surface area contributed by atoms with Gasteiger partial charge in [0.25, 0.3) is 0 Å². The highest BCUT2D eigenvalue weighted by molar-refractivity contribution is 9.10. The van der Waals surface area contributed by atoms with E-state index in [0.717, 1.165) is 4.47 Å². The Balaban J connectivity index is 3.10. The minimum atomic E-state index is -1.46. The smallest absolute Gasteiger partial charge is 0.166 e. The van der Waals surface area contributed by atoms with Crippen LogP contribution in [0.3, 0.4) is 0 Å². The van der Waals surface area contributed by atoms with Crippen LogP contribution in [0.4, 0.5) is 0 Å². The van der Waals surface area contributed by atoms with E-state index in [9.17, 15) is 0 Å². The third-order valence-electron chi connectivity index (χ3n) is 2.35. The molecule has 15 heavy (non-hydrogen) atoms. The molecule has 0 bridgehead atoms. The molecule has 0 saturated carbocycles. The molecule has 0 aliphatic carbocycles. The first-order chi connectivity index (χ1) is 6.81. The van der Waals surface area contributed by atoms with E-state index in [0.29, 0.717) is 6.42 Å². The summed E-state index contributed by atoms with van der Waals surface area (Å²) in [5.41, 5.74) is 20.6. The topological polar surface area (TPSA) is 130 Å². The zero-order chi connectivity index (χ0) is 11.7. The zero-order valence-electron chi connectivity index (χ0n) is 8.44. The SMILES string of the molecule is CCC(N)(N)C(N)(N)c1ncc(Br)cn1. The second-order valence-corrected chi connectivity index (χ2v) is 4.40. The van der Waals surface area contributed by atoms with E-state index >= 15 is 0 Å². The van der Waals surface area contributed by atoms with Crippen LogP contribution < -0.4 is 22.9 Å². The van der Waals surface area contributed by atoms with E-state index in [-0.39, 0.29) is 5.82 Å². The molecule has 8 N–H and O–H groups in total. The molecule has 0 radical (unpaired) electrons. The fraction of sp³-hybridized carbons (Fsp3) is 0.500. The number of nitrogens with zero attached hydrogens (tertiary/aromatic N) is 2. The van der Waals surface area contributed by atoms with Crippen LogP contribution in [0.2, 0.25) is 0 Å². The average Bonchev–Trinajstić information content (AvgIpc) is 2.18. The highest BCUT2D eigenvalue weighted by atomic mass is 79.9. The summed E-state index contributed by atoms with van der Waals surface area (Å²) in [6.07, 6.45) is 3.50. The third-order valence-corrected chi connectivity index (χ3v) is 2.76. The monoisotopic (exact) mass is 274 g/mol. The molecule has 1 heterocycles. The number of aromatic nitrogens is 2. The Kier molecular flexibility index (Phi) is 3.41. The van der Waals surface area contributed by atoms with Gasteiger partial charge in [0.2, 0.25) is 0 Å². The van der Waals surface area contributed by atoms with Crippen LogP contribution in [0.5, 0.6) is 0 Å². The fourth-order valence-corrected chi connectivity index (χ4v) is 1.23. The highest BCUT2D eigenvalue weighted by Crippen LogP contribution is 2.19. The molecule has 0 saturated heterocycles. The predicted octanol–water partition coefficient (Wildman–Crippen LogP) is -0.667. The van der Waals surface area contributed by atoms with Crippen LogP contribution in [0.1, 0.15) is 19.2 Å². The lowest BCUT2D eigenvalue weighted by molar-refractivity contribution is 0.213. The van der Waals surface area contributed by atoms with Gasteiger partial charge < -0.3 is 22.9 Å². The van der Waals surface area contributed by atoms with E-state index in [2.05, 4.69) is 25.9 Å². The van der Waals surface area contributed by atoms with Crippen LogP contribution in [0, 0.1) is 0 Å². The van der Waals surface area contributed by atoms with Gasteiger partial charge in [0, 0.05) is 12.4 Å². The molecule has 84 valence electrons. The Labute approximate surface area is 96.6 Å². The summed E-state index contributed by atoms with van der Waals surface area (Å²) < 4.78 is 0.734. The van der Waals surface area contributed by atoms with Gasteiger partial charge in [0.05, 0.1) is 4.47 Å². The maximum absolute atomic E-state index is 5.86. The van der Waals surface area contributed by atoms with Crippen LogP contribution >= 0.6 is 15.9 Å². The molecule has 1 aromatic rings. The van der Waals surface area contributed by atoms with E-state index < -0.39 is 11.3 Å². The lowest BCUT2D eigenvalue weighted by Crippen LogP contribution is -2.73. The van der Waals surface area contributed by atoms with E-state index in [4.69, 9.17) is 22.9 Å². The number of hydrogen-bond acceptors (Lipinski definition) is 6. The van der Waals surface area contributed by atoms with Gasteiger partial charge in [-0.05, 0) is 22.4 Å². The second kappa shape index (κ2) is 4.11. The van der Waals surface area contributed by atoms with Crippen molar-refractivity contribution in [3.05, 3.63) is 22.7 Å². The molecule has 0 amide bonds. The zero-order valence-corrected chi connectivity index (χ0v) is 10.0. The Morgan fingerprint density at radius 3 is 2.07 bits per heavy atom. The number of rotatable bonds is 3. The van der Waals surface area contributed by atoms with Gasteiger partial charge >= 0.3 is 0 Å². The molecule has 1 aromatic heterocycles. The maximum atomic E-state index is 5.86. The first-order valence-electron chi connectivity index (χ1n) is 4.45. The fourth-order valence-electron chi connectivity index (χ4n) is 1.03. The Morgan fingerprint density at radius 1 is 1.20 bits per heavy atom. The van der Waals surface area contributed by atoms with Gasteiger partial charge in [0.15, 0.2) is 11.5 Å². The summed E-state index contributed by atoms with van der Waals surface area (Å²) in [4.78, 5) is 7.99. The Morgan fingerprint density at radius 2 is 1.67 bits per heavy atom. The summed E-state index contributed by atoms with van der Waals surface area (Å²) in [5, 5.41) is 0. The lowest BCUT2D eigenvalue weighted by Gasteiger charge is -2.38. The van der Waals surface area contributed by atoms with Gasteiger partial charge in [-0.15, -0.1) is 0 Å². The number of hydrogen-bond donors (Lipinski definition) is 4. The number of halogens is 1. The molecule has 0 spiro atoms. The van der Waals surface area contributed by atoms with E-state index in [1.807, 2.05) is 0 Å². The average molecular weight is 275 g/mol. The normalized spacial score (nSPS) is 12.9. The minimum Gasteiger partial charge on any atom is -0.310 e. The van der Waals surface area contributed by atoms with Crippen LogP contribution in [0.25, 0.3) is 0 Å². The summed E-state index contributed by atoms with van der Waals surface area (Å²) in [6, 6.07) is 0. The molecule has 7 heteroatoms. The molecule has 1 rings (SSSR count). The molecular formula is C8H15BrN6. The van der Waals surface area contributed by atoms with Crippen LogP contribution in [-0.2, 0) is 5.66 Å². The quantitative estimate of drug-likeness (QED) is 0.541. The number of nitrogens with two attached hydrogens (primary N) is 4. The summed E-state index contributed by atoms with van der Waals surface area (Å²) in [7, 11) is 0.